The van der Waals surface area contributed by atoms with Crippen molar-refractivity contribution in [2.24, 2.45) is 0 Å². The van der Waals surface area contributed by atoms with Crippen molar-refractivity contribution in [3.63, 3.8) is 0 Å². The molecule has 7 heteroatoms. The Morgan fingerprint density at radius 3 is 2.03 bits per heavy atom. The second kappa shape index (κ2) is 17.6. The highest BCUT2D eigenvalue weighted by Crippen LogP contribution is 2.57. The zero-order valence-corrected chi connectivity index (χ0v) is 20.1. The summed E-state index contributed by atoms with van der Waals surface area (Å²) in [6, 6.07) is 9.83. The van der Waals surface area contributed by atoms with Gasteiger partial charge in [0.05, 0.1) is 19.8 Å². The van der Waals surface area contributed by atoms with Crippen LogP contribution in [0.15, 0.2) is 30.3 Å². The minimum Gasteiger partial charge on any atom is -0.379 e. The molecule has 0 saturated heterocycles. The molecule has 4 nitrogen and oxygen atoms in total. The molecule has 0 radical (unpaired) electrons. The van der Waals surface area contributed by atoms with Crippen LogP contribution in [-0.4, -0.2) is 25.9 Å². The van der Waals surface area contributed by atoms with Gasteiger partial charge in [0.1, 0.15) is 6.10 Å². The van der Waals surface area contributed by atoms with E-state index in [1.165, 1.54) is 57.8 Å². The second-order valence-electron chi connectivity index (χ2n) is 7.39. The molecule has 0 fully saturated rings. The van der Waals surface area contributed by atoms with Gasteiger partial charge in [-0.1, -0.05) is 95.0 Å². The van der Waals surface area contributed by atoms with Gasteiger partial charge in [-0.05, 0) is 34.5 Å². The summed E-state index contributed by atoms with van der Waals surface area (Å²) in [5.74, 6) is 0. The Kier molecular flexibility index (Phi) is 16.3. The van der Waals surface area contributed by atoms with Crippen LogP contribution in [0.1, 0.15) is 76.7 Å². The molecule has 0 aliphatic heterocycles. The zero-order valence-electron chi connectivity index (χ0n) is 17.7. The maximum Gasteiger partial charge on any atom is 0.380 e. The van der Waals surface area contributed by atoms with Gasteiger partial charge in [-0.3, -0.25) is 4.57 Å². The van der Waals surface area contributed by atoms with E-state index in [0.717, 1.165) is 12.0 Å². The fourth-order valence-electron chi connectivity index (χ4n) is 3.01. The van der Waals surface area contributed by atoms with Gasteiger partial charge >= 0.3 is 6.07 Å². The van der Waals surface area contributed by atoms with Gasteiger partial charge in [0.15, 0.2) is 0 Å². The van der Waals surface area contributed by atoms with Gasteiger partial charge in [-0.15, -0.1) is 0 Å². The number of unbranched alkanes of at least 4 members (excludes halogenated alkanes) is 9. The molecule has 0 amide bonds. The van der Waals surface area contributed by atoms with Crippen LogP contribution in [0.4, 0.5) is 0 Å². The van der Waals surface area contributed by atoms with Crippen molar-refractivity contribution in [2.45, 2.75) is 83.8 Å². The summed E-state index contributed by atoms with van der Waals surface area (Å²) in [5.41, 5.74) is 1.05. The van der Waals surface area contributed by atoms with Crippen LogP contribution in [0.5, 0.6) is 0 Å². The first-order chi connectivity index (χ1) is 14.0. The highest BCUT2D eigenvalue weighted by atomic mass is 35.9. The number of ether oxygens (including phenoxy) is 2. The summed E-state index contributed by atoms with van der Waals surface area (Å²) in [6.45, 7) is 3.75. The molecule has 0 saturated carbocycles. The highest BCUT2D eigenvalue weighted by Gasteiger charge is 2.19. The van der Waals surface area contributed by atoms with Gasteiger partial charge < -0.3 is 14.0 Å². The Morgan fingerprint density at radius 1 is 0.862 bits per heavy atom. The molecule has 0 bridgehead atoms. The molecule has 0 aliphatic carbocycles. The Labute approximate surface area is 186 Å². The molecule has 0 spiro atoms. The van der Waals surface area contributed by atoms with Crippen LogP contribution >= 0.6 is 28.6 Å². The largest absolute Gasteiger partial charge is 0.380 e. The summed E-state index contributed by atoms with van der Waals surface area (Å²) in [6.07, 6.45) is 8.97. The lowest BCUT2D eigenvalue weighted by molar-refractivity contribution is -0.0441. The van der Waals surface area contributed by atoms with E-state index in [2.05, 4.69) is 6.92 Å². The van der Waals surface area contributed by atoms with Crippen LogP contribution in [0.2, 0.25) is 0 Å². The summed E-state index contributed by atoms with van der Waals surface area (Å²) in [7, 11) is 0. The summed E-state index contributed by atoms with van der Waals surface area (Å²) in [5, 5.41) is 0. The third-order valence-corrected chi connectivity index (χ3v) is 5.72. The van der Waals surface area contributed by atoms with Crippen molar-refractivity contribution < 1.29 is 18.6 Å². The molecule has 1 aromatic rings. The Bertz CT molecular complexity index is 539. The Morgan fingerprint density at radius 2 is 1.45 bits per heavy atom. The monoisotopic (exact) mass is 466 g/mol. The maximum atomic E-state index is 11.4. The first kappa shape index (κ1) is 26.9. The number of halogens is 2. The first-order valence-corrected chi connectivity index (χ1v) is 14.3. The summed E-state index contributed by atoms with van der Waals surface area (Å²) < 4.78 is 28.0. The van der Waals surface area contributed by atoms with Gasteiger partial charge in [0, 0.05) is 6.61 Å². The number of hydrogen-bond donors (Lipinski definition) is 0. The van der Waals surface area contributed by atoms with E-state index >= 15 is 0 Å². The Balaban J connectivity index is 2.12. The summed E-state index contributed by atoms with van der Waals surface area (Å²) in [4.78, 5) is 0. The molecule has 0 aromatic heterocycles. The minimum atomic E-state index is -3.58. The van der Waals surface area contributed by atoms with Crippen LogP contribution in [0, 0.1) is 0 Å². The molecule has 1 rings (SSSR count). The molecular weight excluding hydrogens is 430 g/mol. The maximum absolute atomic E-state index is 11.4. The third kappa shape index (κ3) is 17.3. The van der Waals surface area contributed by atoms with Crippen molar-refractivity contribution >= 4 is 28.6 Å². The van der Waals surface area contributed by atoms with Crippen molar-refractivity contribution in [2.75, 3.05) is 19.8 Å². The van der Waals surface area contributed by atoms with Gasteiger partial charge in [-0.25, -0.2) is 0 Å². The van der Waals surface area contributed by atoms with Crippen molar-refractivity contribution in [1.29, 1.82) is 0 Å². The van der Waals surface area contributed by atoms with Crippen LogP contribution in [0.25, 0.3) is 0 Å². The predicted molar refractivity (Wildman–Crippen MR) is 123 cm³/mol. The molecule has 168 valence electrons. The number of benzene rings is 1. The van der Waals surface area contributed by atoms with Crippen LogP contribution in [0.3, 0.4) is 0 Å². The third-order valence-electron chi connectivity index (χ3n) is 4.69. The average molecular weight is 467 g/mol. The molecule has 1 aromatic carbocycles. The normalized spacial score (nSPS) is 12.9. The standard InChI is InChI=1S/C22H37Cl2O4P/c1-2-3-4-5-6-7-8-9-10-14-17-26-19-22(20-28-29(23,24)25)27-18-21-15-12-11-13-16-21/h11-13,15-16,22H,2-10,14,17-20H2,1H3. The molecule has 1 atom stereocenters. The average Bonchev–Trinajstić information content (AvgIpc) is 2.70. The molecule has 0 heterocycles. The zero-order chi connectivity index (χ0) is 21.2. The lowest BCUT2D eigenvalue weighted by atomic mass is 10.1. The van der Waals surface area contributed by atoms with E-state index in [0.29, 0.717) is 19.8 Å². The van der Waals surface area contributed by atoms with Crippen molar-refractivity contribution in [3.8, 4) is 0 Å². The number of hydrogen-bond acceptors (Lipinski definition) is 4. The van der Waals surface area contributed by atoms with Crippen molar-refractivity contribution in [3.05, 3.63) is 35.9 Å². The molecular formula is C22H37Cl2O4P. The predicted octanol–water partition coefficient (Wildman–Crippen LogP) is 8.11. The SMILES string of the molecule is CCCCCCCCCCCCOCC(COP(=O)(Cl)Cl)OCc1ccccc1. The fraction of sp³-hybridized carbons (Fsp3) is 0.727. The quantitative estimate of drug-likeness (QED) is 0.152. The minimum absolute atomic E-state index is 0.0368. The summed E-state index contributed by atoms with van der Waals surface area (Å²) >= 11 is 11.0. The molecule has 0 N–H and O–H groups in total. The van der Waals surface area contributed by atoms with Crippen molar-refractivity contribution in [1.82, 2.24) is 0 Å². The van der Waals surface area contributed by atoms with E-state index in [4.69, 9.17) is 36.5 Å². The van der Waals surface area contributed by atoms with E-state index in [1.807, 2.05) is 30.3 Å². The lowest BCUT2D eigenvalue weighted by Crippen LogP contribution is -2.25. The smallest absolute Gasteiger partial charge is 0.379 e. The van der Waals surface area contributed by atoms with Crippen LogP contribution < -0.4 is 0 Å². The van der Waals surface area contributed by atoms with E-state index in [-0.39, 0.29) is 12.7 Å². The Hall–Kier alpha value is -0.0900. The number of rotatable bonds is 19. The van der Waals surface area contributed by atoms with Gasteiger partial charge in [-0.2, -0.15) is 0 Å². The fourth-order valence-corrected chi connectivity index (χ4v) is 3.69. The molecule has 29 heavy (non-hydrogen) atoms. The topological polar surface area (TPSA) is 44.8 Å². The highest BCUT2D eigenvalue weighted by molar-refractivity contribution is 8.05. The van der Waals surface area contributed by atoms with E-state index in [9.17, 15) is 4.57 Å². The molecule has 1 unspecified atom stereocenters. The van der Waals surface area contributed by atoms with E-state index in [1.54, 1.807) is 0 Å². The second-order valence-corrected chi connectivity index (χ2v) is 11.7. The van der Waals surface area contributed by atoms with Gasteiger partial charge in [0.25, 0.3) is 0 Å². The van der Waals surface area contributed by atoms with E-state index < -0.39 is 6.07 Å². The molecule has 0 aliphatic rings. The van der Waals surface area contributed by atoms with Gasteiger partial charge in [0.2, 0.25) is 0 Å². The first-order valence-electron chi connectivity index (χ1n) is 10.9. The van der Waals surface area contributed by atoms with Crippen LogP contribution in [-0.2, 0) is 25.2 Å². The lowest BCUT2D eigenvalue weighted by Gasteiger charge is -2.18.